The molecule has 6 heteroatoms. The number of ether oxygens (including phenoxy) is 1. The van der Waals surface area contributed by atoms with Gasteiger partial charge in [0.1, 0.15) is 5.82 Å². The maximum absolute atomic E-state index is 11.5. The fourth-order valence-electron chi connectivity index (χ4n) is 1.31. The van der Waals surface area contributed by atoms with E-state index in [1.165, 1.54) is 24.5 Å². The molecule has 0 aliphatic rings. The van der Waals surface area contributed by atoms with Gasteiger partial charge in [-0.15, -0.1) is 11.3 Å². The zero-order chi connectivity index (χ0) is 11.0. The molecule has 0 aromatic carbocycles. The van der Waals surface area contributed by atoms with Crippen LogP contribution in [0.15, 0.2) is 16.2 Å². The Balaban J connectivity index is 2.80. The molecule has 0 unspecified atom stereocenters. The van der Waals surface area contributed by atoms with Gasteiger partial charge in [0.15, 0.2) is 0 Å². The molecule has 2 aromatic heterocycles. The summed E-state index contributed by atoms with van der Waals surface area (Å²) in [5.74, 6) is -0.251. The number of aromatic nitrogens is 1. The third-order valence-electron chi connectivity index (χ3n) is 1.98. The molecular formula is C9H8N2O3S. The van der Waals surface area contributed by atoms with Gasteiger partial charge in [0.2, 0.25) is 5.43 Å². The molecule has 0 bridgehead atoms. The van der Waals surface area contributed by atoms with Crippen molar-refractivity contribution in [1.29, 1.82) is 0 Å². The molecule has 0 saturated heterocycles. The van der Waals surface area contributed by atoms with Crippen molar-refractivity contribution in [2.24, 2.45) is 0 Å². The number of hydrogen-bond donors (Lipinski definition) is 2. The number of thiophene rings is 1. The number of methoxy groups -OCH3 is 1. The molecule has 0 aliphatic heterocycles. The third-order valence-corrected chi connectivity index (χ3v) is 2.97. The monoisotopic (exact) mass is 224 g/mol. The minimum atomic E-state index is -0.484. The summed E-state index contributed by atoms with van der Waals surface area (Å²) < 4.78 is 5.06. The first-order chi connectivity index (χ1) is 7.13. The van der Waals surface area contributed by atoms with Gasteiger partial charge in [0, 0.05) is 11.4 Å². The largest absolute Gasteiger partial charge is 0.465 e. The van der Waals surface area contributed by atoms with Crippen molar-refractivity contribution >= 4 is 33.3 Å². The number of nitrogens with one attached hydrogen (secondary N) is 1. The highest BCUT2D eigenvalue weighted by Crippen LogP contribution is 2.22. The van der Waals surface area contributed by atoms with Crippen molar-refractivity contribution in [3.63, 3.8) is 0 Å². The van der Waals surface area contributed by atoms with Crippen molar-refractivity contribution in [1.82, 2.24) is 4.98 Å². The lowest BCUT2D eigenvalue weighted by molar-refractivity contribution is 0.0603. The van der Waals surface area contributed by atoms with E-state index in [0.717, 1.165) is 0 Å². The van der Waals surface area contributed by atoms with Crippen LogP contribution in [0.3, 0.4) is 0 Å². The Kier molecular flexibility index (Phi) is 2.20. The van der Waals surface area contributed by atoms with E-state index in [1.807, 2.05) is 0 Å². The molecule has 78 valence electrons. The van der Waals surface area contributed by atoms with E-state index in [9.17, 15) is 9.59 Å². The van der Waals surface area contributed by atoms with Gasteiger partial charge in [-0.2, -0.15) is 0 Å². The number of fused-ring (bicyclic) bond motifs is 1. The normalized spacial score (nSPS) is 10.5. The summed E-state index contributed by atoms with van der Waals surface area (Å²) in [4.78, 5) is 25.6. The first-order valence-electron chi connectivity index (χ1n) is 4.12. The first kappa shape index (κ1) is 9.72. The fraction of sp³-hybridized carbons (Fsp3) is 0.111. The van der Waals surface area contributed by atoms with Gasteiger partial charge in [0.25, 0.3) is 0 Å². The lowest BCUT2D eigenvalue weighted by Crippen LogP contribution is -2.06. The quantitative estimate of drug-likeness (QED) is 0.706. The van der Waals surface area contributed by atoms with Gasteiger partial charge in [-0.3, -0.25) is 4.79 Å². The highest BCUT2D eigenvalue weighted by Gasteiger charge is 2.14. The summed E-state index contributed by atoms with van der Waals surface area (Å²) in [6.07, 6.45) is 0. The molecule has 3 N–H and O–H groups in total. The van der Waals surface area contributed by atoms with Crippen LogP contribution in [0.2, 0.25) is 0 Å². The van der Waals surface area contributed by atoms with Crippen molar-refractivity contribution in [3.05, 3.63) is 27.2 Å². The molecule has 0 fully saturated rings. The third kappa shape index (κ3) is 1.48. The molecule has 0 atom stereocenters. The van der Waals surface area contributed by atoms with Gasteiger partial charge >= 0.3 is 5.97 Å². The van der Waals surface area contributed by atoms with Crippen LogP contribution in [0, 0.1) is 0 Å². The molecule has 0 saturated carbocycles. The second kappa shape index (κ2) is 3.39. The van der Waals surface area contributed by atoms with Crippen LogP contribution >= 0.6 is 11.3 Å². The summed E-state index contributed by atoms with van der Waals surface area (Å²) in [6, 6.07) is 1.29. The molecule has 0 amide bonds. The Morgan fingerprint density at radius 2 is 2.33 bits per heavy atom. The van der Waals surface area contributed by atoms with Crippen LogP contribution in [0.4, 0.5) is 5.82 Å². The number of aromatic amines is 1. The van der Waals surface area contributed by atoms with Gasteiger partial charge in [-0.1, -0.05) is 0 Å². The van der Waals surface area contributed by atoms with Crippen molar-refractivity contribution in [2.75, 3.05) is 12.8 Å². The van der Waals surface area contributed by atoms with Crippen LogP contribution in [-0.2, 0) is 4.74 Å². The van der Waals surface area contributed by atoms with Gasteiger partial charge in [0.05, 0.1) is 22.9 Å². The molecule has 0 spiro atoms. The van der Waals surface area contributed by atoms with Crippen LogP contribution in [0.5, 0.6) is 0 Å². The lowest BCUT2D eigenvalue weighted by atomic mass is 10.2. The van der Waals surface area contributed by atoms with E-state index in [-0.39, 0.29) is 11.2 Å². The van der Waals surface area contributed by atoms with Crippen LogP contribution in [-0.4, -0.2) is 18.1 Å². The second-order valence-corrected chi connectivity index (χ2v) is 3.81. The Morgan fingerprint density at radius 3 is 3.00 bits per heavy atom. The van der Waals surface area contributed by atoms with E-state index >= 15 is 0 Å². The minimum Gasteiger partial charge on any atom is -0.465 e. The van der Waals surface area contributed by atoms with E-state index in [0.29, 0.717) is 15.8 Å². The number of hydrogen-bond acceptors (Lipinski definition) is 5. The Morgan fingerprint density at radius 1 is 1.60 bits per heavy atom. The molecule has 0 aliphatic carbocycles. The number of esters is 1. The Bertz CT molecular complexity index is 585. The number of carbonyl (C=O) groups excluding carboxylic acids is 1. The van der Waals surface area contributed by atoms with E-state index in [1.54, 1.807) is 5.38 Å². The highest BCUT2D eigenvalue weighted by molar-refractivity contribution is 7.17. The Hall–Kier alpha value is -1.82. The predicted molar refractivity (Wildman–Crippen MR) is 58.2 cm³/mol. The van der Waals surface area contributed by atoms with Crippen LogP contribution in [0.25, 0.3) is 10.2 Å². The first-order valence-corrected chi connectivity index (χ1v) is 4.99. The van der Waals surface area contributed by atoms with E-state index in [4.69, 9.17) is 5.73 Å². The number of H-pyrrole nitrogens is 1. The number of rotatable bonds is 1. The lowest BCUT2D eigenvalue weighted by Gasteiger charge is -1.98. The molecule has 0 radical (unpaired) electrons. The average molecular weight is 224 g/mol. The van der Waals surface area contributed by atoms with Crippen LogP contribution < -0.4 is 11.2 Å². The molecule has 5 nitrogen and oxygen atoms in total. The van der Waals surface area contributed by atoms with Gasteiger partial charge < -0.3 is 15.5 Å². The smallest absolute Gasteiger partial charge is 0.340 e. The number of carbonyl (C=O) groups is 1. The van der Waals surface area contributed by atoms with Crippen LogP contribution in [0.1, 0.15) is 10.4 Å². The van der Waals surface area contributed by atoms with Gasteiger partial charge in [-0.05, 0) is 0 Å². The number of nitrogen functional groups attached to an aromatic ring is 1. The standard InChI is InChI=1S/C9H8N2O3S/c1-14-9(13)4-3-15-8-5(12)2-6(10)11-7(4)8/h2-3H,1H3,(H3,10,11,12). The molecular weight excluding hydrogens is 216 g/mol. The Labute approximate surface area is 88.5 Å². The fourth-order valence-corrected chi connectivity index (χ4v) is 2.21. The molecule has 2 aromatic rings. The molecule has 2 rings (SSSR count). The summed E-state index contributed by atoms with van der Waals surface area (Å²) in [6.45, 7) is 0. The average Bonchev–Trinajstić information content (AvgIpc) is 2.60. The molecule has 2 heterocycles. The molecule has 15 heavy (non-hydrogen) atoms. The highest BCUT2D eigenvalue weighted by atomic mass is 32.1. The van der Waals surface area contributed by atoms with E-state index < -0.39 is 5.97 Å². The maximum Gasteiger partial charge on any atom is 0.340 e. The maximum atomic E-state index is 11.5. The van der Waals surface area contributed by atoms with Gasteiger partial charge in [-0.25, -0.2) is 4.79 Å². The zero-order valence-corrected chi connectivity index (χ0v) is 8.68. The van der Waals surface area contributed by atoms with Crippen molar-refractivity contribution in [3.8, 4) is 0 Å². The second-order valence-electron chi connectivity index (χ2n) is 2.93. The van der Waals surface area contributed by atoms with Crippen molar-refractivity contribution < 1.29 is 9.53 Å². The summed E-state index contributed by atoms with van der Waals surface area (Å²) >= 11 is 1.19. The van der Waals surface area contributed by atoms with E-state index in [2.05, 4.69) is 9.72 Å². The number of anilines is 1. The van der Waals surface area contributed by atoms with Crippen molar-refractivity contribution in [2.45, 2.75) is 0 Å². The predicted octanol–water partition coefficient (Wildman–Crippen LogP) is 0.958. The summed E-state index contributed by atoms with van der Waals surface area (Å²) in [5.41, 5.74) is 6.07. The summed E-state index contributed by atoms with van der Waals surface area (Å²) in [5, 5.41) is 1.58. The topological polar surface area (TPSA) is 85.2 Å². The zero-order valence-electron chi connectivity index (χ0n) is 7.87. The minimum absolute atomic E-state index is 0.193. The summed E-state index contributed by atoms with van der Waals surface area (Å²) in [7, 11) is 1.29. The number of pyridine rings is 1. The SMILES string of the molecule is COC(=O)c1csc2c(=O)cc(N)[nH]c12. The number of nitrogens with two attached hydrogens (primary N) is 1.